The lowest BCUT2D eigenvalue weighted by molar-refractivity contribution is -0.139. The lowest BCUT2D eigenvalue weighted by atomic mass is 9.91. The van der Waals surface area contributed by atoms with Gasteiger partial charge in [0, 0.05) is 0 Å². The van der Waals surface area contributed by atoms with Crippen LogP contribution in [0.25, 0.3) is 0 Å². The molecule has 0 bridgehead atoms. The van der Waals surface area contributed by atoms with E-state index in [9.17, 15) is 9.59 Å². The Morgan fingerprint density at radius 2 is 1.82 bits per heavy atom. The first-order valence-corrected chi connectivity index (χ1v) is 4.89. The number of allylic oxidation sites excluding steroid dienone is 2. The van der Waals surface area contributed by atoms with Crippen LogP contribution >= 0.6 is 0 Å². The van der Waals surface area contributed by atoms with Crippen LogP contribution in [0.1, 0.15) is 13.8 Å². The Hall–Kier alpha value is -2.17. The maximum Gasteiger partial charge on any atom is 0.335 e. The predicted octanol–water partition coefficient (Wildman–Crippen LogP) is 1.42. The van der Waals surface area contributed by atoms with Crippen LogP contribution in [0.2, 0.25) is 0 Å². The summed E-state index contributed by atoms with van der Waals surface area (Å²) in [4.78, 5) is 30.1. The number of carbonyl (C=O) groups excluding carboxylic acids is 1. The standard InChI is InChI=1S/C10H10O4.C2H4O/c1-2-6-5-7(9(11)12)3-4-8(6)10(13)14;1-2-3/h2-5,8H,1H3,(H,11,12)(H,13,14);2H,1H3. The van der Waals surface area contributed by atoms with Gasteiger partial charge in [0.05, 0.1) is 11.5 Å². The zero-order chi connectivity index (χ0) is 13.4. The molecule has 0 radical (unpaired) electrons. The second-order valence-electron chi connectivity index (χ2n) is 3.10. The molecule has 0 saturated carbocycles. The minimum absolute atomic E-state index is 0.107. The summed E-state index contributed by atoms with van der Waals surface area (Å²) in [6.07, 6.45) is 6.42. The molecule has 0 aromatic heterocycles. The Balaban J connectivity index is 0.000000770. The number of aldehydes is 1. The second-order valence-corrected chi connectivity index (χ2v) is 3.10. The van der Waals surface area contributed by atoms with Gasteiger partial charge in [-0.25, -0.2) is 4.79 Å². The molecule has 0 aliphatic heterocycles. The summed E-state index contributed by atoms with van der Waals surface area (Å²) in [5.74, 6) is -2.76. The van der Waals surface area contributed by atoms with Crippen molar-refractivity contribution in [3.8, 4) is 0 Å². The van der Waals surface area contributed by atoms with E-state index < -0.39 is 17.9 Å². The van der Waals surface area contributed by atoms with Crippen molar-refractivity contribution in [2.75, 3.05) is 0 Å². The maximum atomic E-state index is 10.7. The number of rotatable bonds is 2. The summed E-state index contributed by atoms with van der Waals surface area (Å²) in [6.45, 7) is 3.13. The molecule has 0 heterocycles. The predicted molar refractivity (Wildman–Crippen MR) is 61.5 cm³/mol. The summed E-state index contributed by atoms with van der Waals surface area (Å²) >= 11 is 0. The van der Waals surface area contributed by atoms with Crippen molar-refractivity contribution < 1.29 is 24.6 Å². The molecule has 0 aromatic carbocycles. The fourth-order valence-electron chi connectivity index (χ4n) is 1.25. The molecule has 92 valence electrons. The molecule has 17 heavy (non-hydrogen) atoms. The van der Waals surface area contributed by atoms with Crippen molar-refractivity contribution in [1.29, 1.82) is 0 Å². The fourth-order valence-corrected chi connectivity index (χ4v) is 1.25. The van der Waals surface area contributed by atoms with Gasteiger partial charge in [0.2, 0.25) is 0 Å². The third-order valence-corrected chi connectivity index (χ3v) is 2.00. The van der Waals surface area contributed by atoms with Crippen LogP contribution in [0.4, 0.5) is 0 Å². The van der Waals surface area contributed by atoms with Gasteiger partial charge >= 0.3 is 11.9 Å². The third kappa shape index (κ3) is 4.46. The van der Waals surface area contributed by atoms with Gasteiger partial charge in [-0.3, -0.25) is 4.79 Å². The van der Waals surface area contributed by atoms with E-state index in [0.29, 0.717) is 5.57 Å². The number of carbonyl (C=O) groups is 3. The van der Waals surface area contributed by atoms with Gasteiger partial charge in [-0.05, 0) is 25.5 Å². The summed E-state index contributed by atoms with van der Waals surface area (Å²) < 4.78 is 0. The molecule has 5 heteroatoms. The first kappa shape index (κ1) is 14.8. The van der Waals surface area contributed by atoms with Crippen molar-refractivity contribution in [3.63, 3.8) is 0 Å². The lowest BCUT2D eigenvalue weighted by Crippen LogP contribution is -2.16. The summed E-state index contributed by atoms with van der Waals surface area (Å²) in [5.41, 5.74) is 0.605. The quantitative estimate of drug-likeness (QED) is 0.710. The molecule has 0 aromatic rings. The molecule has 1 aliphatic carbocycles. The van der Waals surface area contributed by atoms with E-state index >= 15 is 0 Å². The first-order chi connectivity index (χ1) is 7.97. The monoisotopic (exact) mass is 238 g/mol. The van der Waals surface area contributed by atoms with E-state index in [2.05, 4.69) is 0 Å². The van der Waals surface area contributed by atoms with Gasteiger partial charge in [-0.2, -0.15) is 0 Å². The Bertz CT molecular complexity index is 401. The zero-order valence-corrected chi connectivity index (χ0v) is 9.58. The molecule has 1 atom stereocenters. The number of hydrogen-bond donors (Lipinski definition) is 2. The van der Waals surface area contributed by atoms with Crippen molar-refractivity contribution in [2.24, 2.45) is 5.92 Å². The van der Waals surface area contributed by atoms with E-state index in [-0.39, 0.29) is 5.57 Å². The molecule has 1 aliphatic rings. The molecule has 5 nitrogen and oxygen atoms in total. The number of hydrogen-bond acceptors (Lipinski definition) is 3. The number of aliphatic carboxylic acids is 2. The Morgan fingerprint density at radius 3 is 2.18 bits per heavy atom. The smallest absolute Gasteiger partial charge is 0.335 e. The summed E-state index contributed by atoms with van der Waals surface area (Å²) in [7, 11) is 0. The van der Waals surface area contributed by atoms with Crippen LogP contribution < -0.4 is 0 Å². The van der Waals surface area contributed by atoms with Crippen LogP contribution in [-0.4, -0.2) is 28.4 Å². The average Bonchev–Trinajstić information content (AvgIpc) is 2.28. The highest BCUT2D eigenvalue weighted by molar-refractivity contribution is 5.92. The largest absolute Gasteiger partial charge is 0.481 e. The van der Waals surface area contributed by atoms with Crippen molar-refractivity contribution >= 4 is 18.2 Å². The summed E-state index contributed by atoms with van der Waals surface area (Å²) in [6, 6.07) is 0. The topological polar surface area (TPSA) is 91.7 Å². The Morgan fingerprint density at radius 1 is 1.29 bits per heavy atom. The third-order valence-electron chi connectivity index (χ3n) is 2.00. The number of carboxylic acid groups (broad SMARTS) is 2. The van der Waals surface area contributed by atoms with E-state index in [1.165, 1.54) is 25.2 Å². The van der Waals surface area contributed by atoms with E-state index in [0.717, 1.165) is 6.29 Å². The molecule has 1 rings (SSSR count). The van der Waals surface area contributed by atoms with Crippen LogP contribution in [0.15, 0.2) is 35.5 Å². The van der Waals surface area contributed by atoms with E-state index in [1.54, 1.807) is 13.0 Å². The van der Waals surface area contributed by atoms with Crippen LogP contribution in [0, 0.1) is 5.92 Å². The van der Waals surface area contributed by atoms with Crippen LogP contribution in [0.3, 0.4) is 0 Å². The molecular formula is C12H14O5. The van der Waals surface area contributed by atoms with Gasteiger partial charge in [-0.1, -0.05) is 18.2 Å². The zero-order valence-electron chi connectivity index (χ0n) is 9.58. The van der Waals surface area contributed by atoms with E-state index in [1.807, 2.05) is 0 Å². The molecule has 0 fully saturated rings. The highest BCUT2D eigenvalue weighted by atomic mass is 16.4. The first-order valence-electron chi connectivity index (χ1n) is 4.89. The van der Waals surface area contributed by atoms with Gasteiger partial charge in [0.25, 0.3) is 0 Å². The minimum Gasteiger partial charge on any atom is -0.481 e. The van der Waals surface area contributed by atoms with Crippen molar-refractivity contribution in [2.45, 2.75) is 13.8 Å². The molecule has 0 amide bonds. The normalized spacial score (nSPS) is 20.0. The van der Waals surface area contributed by atoms with E-state index in [4.69, 9.17) is 15.0 Å². The molecule has 1 unspecified atom stereocenters. The number of carboxylic acids is 2. The van der Waals surface area contributed by atoms with Crippen molar-refractivity contribution in [3.05, 3.63) is 35.5 Å². The van der Waals surface area contributed by atoms with Crippen LogP contribution in [-0.2, 0) is 14.4 Å². The summed E-state index contributed by atoms with van der Waals surface area (Å²) in [5, 5.41) is 17.5. The highest BCUT2D eigenvalue weighted by Gasteiger charge is 2.22. The molecule has 0 saturated heterocycles. The molecule has 0 spiro atoms. The molecule has 2 N–H and O–H groups in total. The Kier molecular flexibility index (Phi) is 6.25. The fraction of sp³-hybridized carbons (Fsp3) is 0.250. The van der Waals surface area contributed by atoms with Gasteiger partial charge in [-0.15, -0.1) is 0 Å². The average molecular weight is 238 g/mol. The molecular weight excluding hydrogens is 224 g/mol. The highest BCUT2D eigenvalue weighted by Crippen LogP contribution is 2.22. The second kappa shape index (κ2) is 7.16. The minimum atomic E-state index is -1.05. The SMILES string of the molecule is CC=C1C=C(C(=O)O)C=CC1C(=O)O.CC=O. The van der Waals surface area contributed by atoms with Gasteiger partial charge < -0.3 is 15.0 Å². The van der Waals surface area contributed by atoms with Crippen LogP contribution in [0.5, 0.6) is 0 Å². The Labute approximate surface area is 98.8 Å². The van der Waals surface area contributed by atoms with Gasteiger partial charge in [0.1, 0.15) is 6.29 Å². The maximum absolute atomic E-state index is 10.7. The lowest BCUT2D eigenvalue weighted by Gasteiger charge is -2.13. The van der Waals surface area contributed by atoms with Crippen molar-refractivity contribution in [1.82, 2.24) is 0 Å². The van der Waals surface area contributed by atoms with Gasteiger partial charge in [0.15, 0.2) is 0 Å².